The number of carbonyl (C=O) groups excluding carboxylic acids is 1. The van der Waals surface area contributed by atoms with Crippen molar-refractivity contribution in [3.05, 3.63) is 12.2 Å². The van der Waals surface area contributed by atoms with Gasteiger partial charge in [-0.1, -0.05) is 302 Å². The average Bonchev–Trinajstić information content (AvgIpc) is 3.39. The van der Waals surface area contributed by atoms with E-state index in [0.717, 1.165) is 38.5 Å². The molecule has 1 aliphatic heterocycles. The van der Waals surface area contributed by atoms with Crippen LogP contribution in [0.2, 0.25) is 0 Å². The Balaban J connectivity index is 1.94. The third-order valence-corrected chi connectivity index (χ3v) is 15.9. The minimum Gasteiger partial charge on any atom is -0.394 e. The van der Waals surface area contributed by atoms with Crippen LogP contribution in [-0.4, -0.2) is 87.5 Å². The van der Waals surface area contributed by atoms with Gasteiger partial charge in [-0.25, -0.2) is 0 Å². The maximum absolute atomic E-state index is 13.0. The van der Waals surface area contributed by atoms with Crippen molar-refractivity contribution >= 4 is 5.91 Å². The Labute approximate surface area is 452 Å². The zero-order chi connectivity index (χ0) is 52.9. The molecular weight excluding hydrogens is 911 g/mol. The van der Waals surface area contributed by atoms with Crippen LogP contribution in [0.1, 0.15) is 335 Å². The lowest BCUT2D eigenvalue weighted by Crippen LogP contribution is -2.60. The predicted molar refractivity (Wildman–Crippen MR) is 309 cm³/mol. The summed E-state index contributed by atoms with van der Waals surface area (Å²) in [6, 6.07) is -0.712. The van der Waals surface area contributed by atoms with Crippen molar-refractivity contribution in [2.45, 2.75) is 378 Å². The molecule has 0 bridgehead atoms. The Morgan fingerprint density at radius 3 is 1.11 bits per heavy atom. The molecule has 1 amide bonds. The molecule has 0 spiro atoms. The average molecular weight is 1040 g/mol. The molecule has 7 atom stereocenters. The van der Waals surface area contributed by atoms with Crippen molar-refractivity contribution in [2.75, 3.05) is 13.2 Å². The number of carbonyl (C=O) groups is 1. The van der Waals surface area contributed by atoms with Crippen molar-refractivity contribution in [2.24, 2.45) is 0 Å². The first-order chi connectivity index (χ1) is 35.8. The topological polar surface area (TPSA) is 149 Å². The highest BCUT2D eigenvalue weighted by Gasteiger charge is 2.44. The summed E-state index contributed by atoms with van der Waals surface area (Å²) in [4.78, 5) is 13.0. The van der Waals surface area contributed by atoms with E-state index in [1.807, 2.05) is 0 Å². The highest BCUT2D eigenvalue weighted by molar-refractivity contribution is 5.76. The molecule has 1 aliphatic rings. The van der Waals surface area contributed by atoms with Crippen LogP contribution >= 0.6 is 0 Å². The normalized spacial score (nSPS) is 19.0. The van der Waals surface area contributed by atoms with Crippen molar-refractivity contribution in [3.8, 4) is 0 Å². The monoisotopic (exact) mass is 1040 g/mol. The van der Waals surface area contributed by atoms with Crippen LogP contribution in [0.3, 0.4) is 0 Å². The van der Waals surface area contributed by atoms with Crippen LogP contribution in [0.15, 0.2) is 12.2 Å². The minimum absolute atomic E-state index is 0.133. The number of ether oxygens (including phenoxy) is 2. The van der Waals surface area contributed by atoms with Crippen LogP contribution < -0.4 is 5.32 Å². The molecule has 434 valence electrons. The van der Waals surface area contributed by atoms with Crippen LogP contribution in [0, 0.1) is 0 Å². The number of amides is 1. The fourth-order valence-corrected chi connectivity index (χ4v) is 10.7. The Hall–Kier alpha value is -1.07. The van der Waals surface area contributed by atoms with E-state index in [-0.39, 0.29) is 12.5 Å². The van der Waals surface area contributed by atoms with E-state index in [2.05, 4.69) is 31.3 Å². The van der Waals surface area contributed by atoms with Crippen LogP contribution in [-0.2, 0) is 14.3 Å². The molecule has 9 nitrogen and oxygen atoms in total. The van der Waals surface area contributed by atoms with Crippen LogP contribution in [0.5, 0.6) is 0 Å². The number of aliphatic hydroxyl groups is 5. The van der Waals surface area contributed by atoms with Gasteiger partial charge in [0.2, 0.25) is 5.91 Å². The standard InChI is InChI=1S/C64H125NO8/c1-3-5-7-9-11-13-14-15-16-17-18-19-20-21-22-23-24-25-26-27-28-29-30-31-32-33-34-35-36-37-38-39-40-41-42-43-44-46-48-50-52-54-60(68)65-57(58(67)53-51-49-47-45-12-10-8-6-4-2)56-72-64-63(71)62(70)61(69)59(55-66)73-64/h17-18,57-59,61-64,66-67,69-71H,3-16,19-56H2,1-2H3,(H,65,68)/b18-17-. The number of hydrogen-bond acceptors (Lipinski definition) is 8. The second-order valence-electron chi connectivity index (χ2n) is 22.9. The fourth-order valence-electron chi connectivity index (χ4n) is 10.7. The van der Waals surface area contributed by atoms with Gasteiger partial charge in [0.25, 0.3) is 0 Å². The van der Waals surface area contributed by atoms with E-state index in [9.17, 15) is 30.3 Å². The van der Waals surface area contributed by atoms with Gasteiger partial charge in [0.05, 0.1) is 25.4 Å². The predicted octanol–water partition coefficient (Wildman–Crippen LogP) is 16.7. The zero-order valence-corrected chi connectivity index (χ0v) is 48.4. The summed E-state index contributed by atoms with van der Waals surface area (Å²) in [6.07, 6.45) is 61.8. The Morgan fingerprint density at radius 2 is 0.767 bits per heavy atom. The number of rotatable bonds is 57. The summed E-state index contributed by atoms with van der Waals surface area (Å²) in [5.41, 5.74) is 0. The van der Waals surface area contributed by atoms with Gasteiger partial charge < -0.3 is 40.3 Å². The molecule has 1 heterocycles. The van der Waals surface area contributed by atoms with Gasteiger partial charge in [0.15, 0.2) is 6.29 Å². The van der Waals surface area contributed by atoms with Gasteiger partial charge in [-0.3, -0.25) is 4.79 Å². The number of aliphatic hydroxyl groups excluding tert-OH is 5. The zero-order valence-electron chi connectivity index (χ0n) is 48.4. The van der Waals surface area contributed by atoms with Crippen LogP contribution in [0.25, 0.3) is 0 Å². The summed E-state index contributed by atoms with van der Waals surface area (Å²) >= 11 is 0. The van der Waals surface area contributed by atoms with E-state index in [1.54, 1.807) is 0 Å². The van der Waals surface area contributed by atoms with Crippen molar-refractivity contribution in [1.82, 2.24) is 5.32 Å². The Kier molecular flexibility index (Phi) is 52.0. The third kappa shape index (κ3) is 43.6. The van der Waals surface area contributed by atoms with Gasteiger partial charge in [-0.2, -0.15) is 0 Å². The second kappa shape index (κ2) is 54.3. The summed E-state index contributed by atoms with van der Waals surface area (Å²) in [5, 5.41) is 54.4. The molecule has 9 heteroatoms. The maximum atomic E-state index is 13.0. The van der Waals surface area contributed by atoms with Crippen LogP contribution in [0.4, 0.5) is 0 Å². The molecule has 73 heavy (non-hydrogen) atoms. The lowest BCUT2D eigenvalue weighted by Gasteiger charge is -2.40. The number of hydrogen-bond donors (Lipinski definition) is 6. The minimum atomic E-state index is -1.55. The first-order valence-corrected chi connectivity index (χ1v) is 32.4. The number of unbranched alkanes of at least 4 members (excludes halogenated alkanes) is 45. The molecule has 0 aromatic carbocycles. The lowest BCUT2D eigenvalue weighted by molar-refractivity contribution is -0.302. The van der Waals surface area contributed by atoms with Gasteiger partial charge in [-0.15, -0.1) is 0 Å². The smallest absolute Gasteiger partial charge is 0.220 e. The fraction of sp³-hybridized carbons (Fsp3) is 0.953. The molecule has 1 saturated heterocycles. The first kappa shape index (κ1) is 69.9. The van der Waals surface area contributed by atoms with E-state index in [1.165, 1.54) is 270 Å². The van der Waals surface area contributed by atoms with Crippen molar-refractivity contribution < 1.29 is 39.8 Å². The molecule has 0 aliphatic carbocycles. The SMILES string of the molecule is CCCCCCCCCC/C=C\CCCCCCCCCCCCCCCCCCCCCCCCCCCCCCCC(=O)NC(COC1OC(CO)C(O)C(O)C1O)C(O)CCCCCCCCCCC. The largest absolute Gasteiger partial charge is 0.394 e. The Morgan fingerprint density at radius 1 is 0.452 bits per heavy atom. The van der Waals surface area contributed by atoms with Gasteiger partial charge in [0.1, 0.15) is 24.4 Å². The molecule has 0 aromatic rings. The molecular formula is C64H125NO8. The summed E-state index contributed by atoms with van der Waals surface area (Å²) < 4.78 is 11.3. The van der Waals surface area contributed by atoms with E-state index >= 15 is 0 Å². The molecule has 0 saturated carbocycles. The quantitative estimate of drug-likeness (QED) is 0.0261. The van der Waals surface area contributed by atoms with E-state index < -0.39 is 49.5 Å². The summed E-state index contributed by atoms with van der Waals surface area (Å²) in [7, 11) is 0. The lowest BCUT2D eigenvalue weighted by atomic mass is 9.99. The number of nitrogens with one attached hydrogen (secondary N) is 1. The van der Waals surface area contributed by atoms with Crippen molar-refractivity contribution in [3.63, 3.8) is 0 Å². The van der Waals surface area contributed by atoms with E-state index in [4.69, 9.17) is 9.47 Å². The first-order valence-electron chi connectivity index (χ1n) is 32.4. The highest BCUT2D eigenvalue weighted by atomic mass is 16.7. The molecule has 7 unspecified atom stereocenters. The molecule has 6 N–H and O–H groups in total. The highest BCUT2D eigenvalue weighted by Crippen LogP contribution is 2.24. The van der Waals surface area contributed by atoms with E-state index in [0.29, 0.717) is 12.8 Å². The van der Waals surface area contributed by atoms with Gasteiger partial charge in [-0.05, 0) is 38.5 Å². The molecule has 1 rings (SSSR count). The molecule has 0 radical (unpaired) electrons. The second-order valence-corrected chi connectivity index (χ2v) is 22.9. The molecule has 1 fully saturated rings. The third-order valence-electron chi connectivity index (χ3n) is 15.9. The van der Waals surface area contributed by atoms with Crippen molar-refractivity contribution in [1.29, 1.82) is 0 Å². The van der Waals surface area contributed by atoms with Gasteiger partial charge in [0, 0.05) is 6.42 Å². The maximum Gasteiger partial charge on any atom is 0.220 e. The van der Waals surface area contributed by atoms with Gasteiger partial charge >= 0.3 is 0 Å². The number of allylic oxidation sites excluding steroid dienone is 2. The molecule has 0 aromatic heterocycles. The summed E-state index contributed by atoms with van der Waals surface area (Å²) in [6.45, 7) is 3.84. The Bertz CT molecular complexity index is 1150. The summed E-state index contributed by atoms with van der Waals surface area (Å²) in [5.74, 6) is -0.140.